The average molecular weight is 343 g/mol. The summed E-state index contributed by atoms with van der Waals surface area (Å²) in [5.74, 6) is 0.0749. The van der Waals surface area contributed by atoms with Crippen molar-refractivity contribution in [1.29, 1.82) is 0 Å². The van der Waals surface area contributed by atoms with Crippen LogP contribution in [-0.4, -0.2) is 47.0 Å². The minimum atomic E-state index is -0.294. The van der Waals surface area contributed by atoms with Crippen molar-refractivity contribution < 1.29 is 8.81 Å². The predicted octanol–water partition coefficient (Wildman–Crippen LogP) is 3.93. The molecule has 1 aliphatic carbocycles. The van der Waals surface area contributed by atoms with E-state index in [1.54, 1.807) is 24.5 Å². The van der Waals surface area contributed by atoms with Gasteiger partial charge in [-0.15, -0.1) is 0 Å². The highest BCUT2D eigenvalue weighted by Crippen LogP contribution is 2.25. The molecule has 5 heteroatoms. The molecule has 0 N–H and O–H groups in total. The van der Waals surface area contributed by atoms with Gasteiger partial charge in [-0.1, -0.05) is 31.4 Å². The van der Waals surface area contributed by atoms with E-state index in [-0.39, 0.29) is 5.82 Å². The monoisotopic (exact) mass is 343 g/mol. The Labute approximate surface area is 148 Å². The Morgan fingerprint density at radius 2 is 1.80 bits per heavy atom. The number of oxazole rings is 1. The van der Waals surface area contributed by atoms with Gasteiger partial charge in [-0.3, -0.25) is 9.80 Å². The number of piperazine rings is 1. The molecule has 4 rings (SSSR count). The lowest BCUT2D eigenvalue weighted by atomic mass is 9.94. The van der Waals surface area contributed by atoms with Crippen LogP contribution in [0.15, 0.2) is 34.9 Å². The molecule has 134 valence electrons. The van der Waals surface area contributed by atoms with Gasteiger partial charge < -0.3 is 4.42 Å². The number of nitrogens with zero attached hydrogens (tertiary/aromatic N) is 3. The van der Waals surface area contributed by atoms with E-state index in [0.29, 0.717) is 11.5 Å². The van der Waals surface area contributed by atoms with Crippen molar-refractivity contribution in [3.05, 3.63) is 42.0 Å². The standard InChI is InChI=1S/C20H26FN3O/c21-19-9-5-4-8-18(19)20-22-16(15-25-20)14-23-10-12-24(13-11-23)17-6-2-1-3-7-17/h4-5,8-9,15,17H,1-3,6-7,10-14H2. The second-order valence-electron chi connectivity index (χ2n) is 7.23. The normalized spacial score (nSPS) is 20.8. The molecule has 2 aromatic rings. The van der Waals surface area contributed by atoms with Crippen molar-refractivity contribution in [3.63, 3.8) is 0 Å². The molecule has 1 saturated heterocycles. The highest BCUT2D eigenvalue weighted by molar-refractivity contribution is 5.53. The molecule has 0 atom stereocenters. The van der Waals surface area contributed by atoms with Gasteiger partial charge in [0.25, 0.3) is 0 Å². The number of hydrogen-bond acceptors (Lipinski definition) is 4. The summed E-state index contributed by atoms with van der Waals surface area (Å²) in [6, 6.07) is 7.41. The lowest BCUT2D eigenvalue weighted by Gasteiger charge is -2.40. The van der Waals surface area contributed by atoms with E-state index in [2.05, 4.69) is 14.8 Å². The first-order valence-corrected chi connectivity index (χ1v) is 9.45. The van der Waals surface area contributed by atoms with Crippen molar-refractivity contribution in [1.82, 2.24) is 14.8 Å². The summed E-state index contributed by atoms with van der Waals surface area (Å²) in [5, 5.41) is 0. The van der Waals surface area contributed by atoms with E-state index in [1.807, 2.05) is 0 Å². The maximum Gasteiger partial charge on any atom is 0.229 e. The largest absolute Gasteiger partial charge is 0.444 e. The molecule has 1 aliphatic heterocycles. The summed E-state index contributed by atoms with van der Waals surface area (Å²) in [6.45, 7) is 5.19. The third-order valence-electron chi connectivity index (χ3n) is 5.54. The minimum Gasteiger partial charge on any atom is -0.444 e. The Balaban J connectivity index is 1.32. The van der Waals surface area contributed by atoms with Crippen LogP contribution in [0.1, 0.15) is 37.8 Å². The van der Waals surface area contributed by atoms with Gasteiger partial charge in [0.05, 0.1) is 11.3 Å². The summed E-state index contributed by atoms with van der Waals surface area (Å²) >= 11 is 0. The number of aromatic nitrogens is 1. The fourth-order valence-corrected chi connectivity index (χ4v) is 4.10. The van der Waals surface area contributed by atoms with Gasteiger partial charge in [0.1, 0.15) is 12.1 Å². The van der Waals surface area contributed by atoms with E-state index in [4.69, 9.17) is 4.42 Å². The first-order valence-electron chi connectivity index (χ1n) is 9.45. The molecule has 1 aromatic carbocycles. The van der Waals surface area contributed by atoms with Crippen LogP contribution in [0, 0.1) is 5.82 Å². The van der Waals surface area contributed by atoms with Gasteiger partial charge >= 0.3 is 0 Å². The van der Waals surface area contributed by atoms with Gasteiger partial charge in [-0.25, -0.2) is 9.37 Å². The fourth-order valence-electron chi connectivity index (χ4n) is 4.10. The first-order chi connectivity index (χ1) is 12.3. The van der Waals surface area contributed by atoms with Gasteiger partial charge in [0, 0.05) is 38.8 Å². The van der Waals surface area contributed by atoms with Gasteiger partial charge in [0.15, 0.2) is 0 Å². The van der Waals surface area contributed by atoms with Crippen LogP contribution >= 0.6 is 0 Å². The Morgan fingerprint density at radius 1 is 1.04 bits per heavy atom. The molecule has 0 radical (unpaired) electrons. The number of halogens is 1. The zero-order valence-electron chi connectivity index (χ0n) is 14.7. The van der Waals surface area contributed by atoms with Crippen molar-refractivity contribution in [2.75, 3.05) is 26.2 Å². The van der Waals surface area contributed by atoms with Crippen molar-refractivity contribution in [3.8, 4) is 11.5 Å². The highest BCUT2D eigenvalue weighted by atomic mass is 19.1. The van der Waals surface area contributed by atoms with Gasteiger partial charge in [-0.05, 0) is 25.0 Å². The molecule has 1 aromatic heterocycles. The van der Waals surface area contributed by atoms with Gasteiger partial charge in [-0.2, -0.15) is 0 Å². The number of hydrogen-bond donors (Lipinski definition) is 0. The molecule has 0 unspecified atom stereocenters. The molecule has 0 spiro atoms. The summed E-state index contributed by atoms with van der Waals surface area (Å²) in [5.41, 5.74) is 1.31. The summed E-state index contributed by atoms with van der Waals surface area (Å²) in [6.07, 6.45) is 8.60. The van der Waals surface area contributed by atoms with Gasteiger partial charge in [0.2, 0.25) is 5.89 Å². The zero-order valence-corrected chi connectivity index (χ0v) is 14.7. The molecule has 2 fully saturated rings. The van der Waals surface area contributed by atoms with Crippen molar-refractivity contribution in [2.45, 2.75) is 44.7 Å². The average Bonchev–Trinajstić information content (AvgIpc) is 3.12. The molecule has 4 nitrogen and oxygen atoms in total. The second kappa shape index (κ2) is 7.67. The third-order valence-corrected chi connectivity index (χ3v) is 5.54. The lowest BCUT2D eigenvalue weighted by molar-refractivity contribution is 0.0749. The third kappa shape index (κ3) is 3.93. The van der Waals surface area contributed by atoms with E-state index in [1.165, 1.54) is 38.2 Å². The minimum absolute atomic E-state index is 0.294. The molecule has 2 aliphatic rings. The Bertz CT molecular complexity index is 688. The SMILES string of the molecule is Fc1ccccc1-c1nc(CN2CCN(C3CCCCC3)CC2)co1. The van der Waals surface area contributed by atoms with Crippen LogP contribution in [-0.2, 0) is 6.54 Å². The van der Waals surface area contributed by atoms with Crippen molar-refractivity contribution in [2.24, 2.45) is 0 Å². The highest BCUT2D eigenvalue weighted by Gasteiger charge is 2.25. The van der Waals surface area contributed by atoms with Crippen LogP contribution in [0.2, 0.25) is 0 Å². The second-order valence-corrected chi connectivity index (χ2v) is 7.23. The van der Waals surface area contributed by atoms with E-state index >= 15 is 0 Å². The van der Waals surface area contributed by atoms with Crippen LogP contribution in [0.5, 0.6) is 0 Å². The van der Waals surface area contributed by atoms with Crippen LogP contribution in [0.25, 0.3) is 11.5 Å². The number of rotatable bonds is 4. The summed E-state index contributed by atoms with van der Waals surface area (Å²) in [7, 11) is 0. The Morgan fingerprint density at radius 3 is 2.56 bits per heavy atom. The Hall–Kier alpha value is -1.72. The molecule has 0 bridgehead atoms. The molecule has 25 heavy (non-hydrogen) atoms. The van der Waals surface area contributed by atoms with E-state index < -0.39 is 0 Å². The van der Waals surface area contributed by atoms with Crippen LogP contribution in [0.4, 0.5) is 4.39 Å². The molecular formula is C20H26FN3O. The molecule has 0 amide bonds. The van der Waals surface area contributed by atoms with E-state index in [0.717, 1.165) is 44.5 Å². The first kappa shape index (κ1) is 16.7. The maximum atomic E-state index is 13.8. The van der Waals surface area contributed by atoms with E-state index in [9.17, 15) is 4.39 Å². The topological polar surface area (TPSA) is 32.5 Å². The maximum absolute atomic E-state index is 13.8. The molecular weight excluding hydrogens is 317 g/mol. The summed E-state index contributed by atoms with van der Waals surface area (Å²) < 4.78 is 19.3. The molecule has 1 saturated carbocycles. The van der Waals surface area contributed by atoms with Crippen LogP contribution < -0.4 is 0 Å². The zero-order chi connectivity index (χ0) is 17.1. The smallest absolute Gasteiger partial charge is 0.229 e. The summed E-state index contributed by atoms with van der Waals surface area (Å²) in [4.78, 5) is 9.57. The fraction of sp³-hybridized carbons (Fsp3) is 0.550. The molecule has 2 heterocycles. The quantitative estimate of drug-likeness (QED) is 0.842. The predicted molar refractivity (Wildman–Crippen MR) is 95.6 cm³/mol. The van der Waals surface area contributed by atoms with Crippen molar-refractivity contribution >= 4 is 0 Å². The number of benzene rings is 1. The Kier molecular flexibility index (Phi) is 5.13. The lowest BCUT2D eigenvalue weighted by Crippen LogP contribution is -2.50. The van der Waals surface area contributed by atoms with Crippen LogP contribution in [0.3, 0.4) is 0 Å².